The maximum atomic E-state index is 14.2. The van der Waals surface area contributed by atoms with Gasteiger partial charge < -0.3 is 47.7 Å². The summed E-state index contributed by atoms with van der Waals surface area (Å²) in [5.41, 5.74) is 3.16. The van der Waals surface area contributed by atoms with Gasteiger partial charge in [-0.15, -0.1) is 0 Å². The number of carbonyl (C=O) groups is 3. The fourth-order valence-corrected chi connectivity index (χ4v) is 7.92. The quantitative estimate of drug-likeness (QED) is 0.0657. The van der Waals surface area contributed by atoms with Gasteiger partial charge in [-0.3, -0.25) is 0 Å². The fourth-order valence-electron chi connectivity index (χ4n) is 7.92. The van der Waals surface area contributed by atoms with E-state index in [-0.39, 0.29) is 43.1 Å². The Morgan fingerprint density at radius 1 is 0.448 bits per heavy atom. The number of rotatable bonds is 18. The number of aliphatic hydroxyl groups excluding tert-OH is 1. The van der Waals surface area contributed by atoms with Crippen molar-refractivity contribution in [2.75, 3.05) is 6.61 Å². The lowest BCUT2D eigenvalue weighted by atomic mass is 9.96. The molecule has 2 aliphatic heterocycles. The third-order valence-corrected chi connectivity index (χ3v) is 11.3. The number of aliphatic hydroxyl groups is 1. The maximum Gasteiger partial charge on any atom is 0.338 e. The molecule has 6 aromatic carbocycles. The first kappa shape index (κ1) is 47.0. The highest BCUT2D eigenvalue weighted by Crippen LogP contribution is 2.36. The monoisotopic (exact) mass is 908 g/mol. The first-order valence-corrected chi connectivity index (χ1v) is 22.2. The number of hydrogen-bond acceptors (Lipinski definition) is 13. The van der Waals surface area contributed by atoms with Gasteiger partial charge in [0.15, 0.2) is 30.9 Å². The van der Waals surface area contributed by atoms with Crippen LogP contribution in [0.15, 0.2) is 182 Å². The van der Waals surface area contributed by atoms with Crippen molar-refractivity contribution in [3.05, 3.63) is 215 Å². The SMILES string of the molecule is C[C@H]1O[C@@H](O[C@H]2[C@H](OCc3ccccc3)[C@@H](OCc3ccccc3)[C@@H](O)O[C@@H]2COCc2ccccc2)[C@H](OC(=O)c2ccccc2)[C@@H](OC(=O)c2ccccc2)[C@@H]1OC(=O)c1ccccc1. The minimum Gasteiger partial charge on any atom is -0.452 e. The van der Waals surface area contributed by atoms with Crippen LogP contribution in [-0.4, -0.2) is 91.0 Å². The van der Waals surface area contributed by atoms with E-state index in [1.54, 1.807) is 97.9 Å². The first-order valence-electron chi connectivity index (χ1n) is 22.2. The van der Waals surface area contributed by atoms with Crippen molar-refractivity contribution in [3.63, 3.8) is 0 Å². The molecular weight excluding hydrogens is 857 g/mol. The van der Waals surface area contributed by atoms with Crippen LogP contribution in [0, 0.1) is 0 Å². The van der Waals surface area contributed by atoms with E-state index in [0.29, 0.717) is 0 Å². The summed E-state index contributed by atoms with van der Waals surface area (Å²) in [7, 11) is 0. The van der Waals surface area contributed by atoms with Gasteiger partial charge in [-0.25, -0.2) is 14.4 Å². The third-order valence-electron chi connectivity index (χ3n) is 11.3. The van der Waals surface area contributed by atoms with E-state index >= 15 is 0 Å². The van der Waals surface area contributed by atoms with Crippen molar-refractivity contribution in [2.24, 2.45) is 0 Å². The second kappa shape index (κ2) is 23.3. The predicted molar refractivity (Wildman–Crippen MR) is 243 cm³/mol. The number of esters is 3. The van der Waals surface area contributed by atoms with Crippen LogP contribution in [-0.2, 0) is 62.5 Å². The largest absolute Gasteiger partial charge is 0.452 e. The zero-order valence-corrected chi connectivity index (χ0v) is 36.8. The molecule has 2 aliphatic rings. The van der Waals surface area contributed by atoms with Crippen molar-refractivity contribution in [3.8, 4) is 0 Å². The van der Waals surface area contributed by atoms with Gasteiger partial charge in [0.05, 0.1) is 49.2 Å². The van der Waals surface area contributed by atoms with Crippen LogP contribution in [0.3, 0.4) is 0 Å². The molecule has 0 spiro atoms. The molecule has 0 bridgehead atoms. The van der Waals surface area contributed by atoms with Crippen molar-refractivity contribution in [2.45, 2.75) is 88.2 Å². The van der Waals surface area contributed by atoms with Gasteiger partial charge in [0.25, 0.3) is 0 Å². The lowest BCUT2D eigenvalue weighted by Gasteiger charge is -2.48. The van der Waals surface area contributed by atoms with Crippen molar-refractivity contribution < 1.29 is 62.1 Å². The molecule has 0 unspecified atom stereocenters. The predicted octanol–water partition coefficient (Wildman–Crippen LogP) is 7.90. The molecule has 0 amide bonds. The average molecular weight is 909 g/mol. The molecule has 346 valence electrons. The van der Waals surface area contributed by atoms with Gasteiger partial charge in [-0.2, -0.15) is 0 Å². The molecule has 1 N–H and O–H groups in total. The van der Waals surface area contributed by atoms with Crippen molar-refractivity contribution in [1.29, 1.82) is 0 Å². The van der Waals surface area contributed by atoms with E-state index < -0.39 is 79.3 Å². The number of benzene rings is 6. The van der Waals surface area contributed by atoms with E-state index in [1.165, 1.54) is 0 Å². The summed E-state index contributed by atoms with van der Waals surface area (Å²) in [6, 6.07) is 53.3. The minimum atomic E-state index is -1.58. The van der Waals surface area contributed by atoms with E-state index in [9.17, 15) is 19.5 Å². The Kier molecular flexibility index (Phi) is 16.3. The maximum absolute atomic E-state index is 14.2. The lowest BCUT2D eigenvalue weighted by molar-refractivity contribution is -0.360. The van der Waals surface area contributed by atoms with Crippen LogP contribution in [0.4, 0.5) is 0 Å². The Bertz CT molecular complexity index is 2450. The van der Waals surface area contributed by atoms with E-state index in [4.69, 9.17) is 42.6 Å². The Morgan fingerprint density at radius 3 is 1.30 bits per heavy atom. The summed E-state index contributed by atoms with van der Waals surface area (Å²) in [6.45, 7) is 1.89. The normalized spacial score (nSPS) is 24.8. The summed E-state index contributed by atoms with van der Waals surface area (Å²) in [4.78, 5) is 42.0. The summed E-state index contributed by atoms with van der Waals surface area (Å²) in [5.74, 6) is -2.31. The summed E-state index contributed by atoms with van der Waals surface area (Å²) >= 11 is 0. The minimum absolute atomic E-state index is 0.0735. The van der Waals surface area contributed by atoms with Crippen LogP contribution in [0.5, 0.6) is 0 Å². The molecular formula is C54H52O13. The fraction of sp³-hybridized carbons (Fsp3) is 0.278. The van der Waals surface area contributed by atoms with Gasteiger partial charge >= 0.3 is 17.9 Å². The molecule has 0 saturated carbocycles. The number of ether oxygens (including phenoxy) is 9. The Balaban J connectivity index is 1.18. The molecule has 10 atom stereocenters. The molecule has 0 aliphatic carbocycles. The molecule has 0 radical (unpaired) electrons. The Hall–Kier alpha value is -6.55. The van der Waals surface area contributed by atoms with E-state index in [0.717, 1.165) is 16.7 Å². The highest BCUT2D eigenvalue weighted by molar-refractivity contribution is 5.91. The number of hydrogen-bond donors (Lipinski definition) is 1. The molecule has 13 nitrogen and oxygen atoms in total. The number of carbonyl (C=O) groups excluding carboxylic acids is 3. The molecule has 13 heteroatoms. The summed E-state index contributed by atoms with van der Waals surface area (Å²) in [6.07, 6.45) is -12.9. The summed E-state index contributed by atoms with van der Waals surface area (Å²) in [5, 5.41) is 11.8. The average Bonchev–Trinajstić information content (AvgIpc) is 3.37. The van der Waals surface area contributed by atoms with Crippen LogP contribution in [0.1, 0.15) is 54.7 Å². The van der Waals surface area contributed by atoms with Crippen LogP contribution >= 0.6 is 0 Å². The molecule has 6 aromatic rings. The molecule has 2 heterocycles. The smallest absolute Gasteiger partial charge is 0.338 e. The third kappa shape index (κ3) is 12.5. The van der Waals surface area contributed by atoms with Gasteiger partial charge in [-0.1, -0.05) is 146 Å². The molecule has 2 fully saturated rings. The second-order valence-electron chi connectivity index (χ2n) is 16.1. The zero-order valence-electron chi connectivity index (χ0n) is 36.8. The molecule has 67 heavy (non-hydrogen) atoms. The lowest BCUT2D eigenvalue weighted by Crippen LogP contribution is -2.66. The molecule has 8 rings (SSSR count). The van der Waals surface area contributed by atoms with Crippen LogP contribution in [0.2, 0.25) is 0 Å². The van der Waals surface area contributed by atoms with Gasteiger partial charge in [0, 0.05) is 0 Å². The first-order chi connectivity index (χ1) is 32.8. The van der Waals surface area contributed by atoms with E-state index in [2.05, 4.69) is 0 Å². The van der Waals surface area contributed by atoms with E-state index in [1.807, 2.05) is 91.0 Å². The Morgan fingerprint density at radius 2 is 0.836 bits per heavy atom. The second-order valence-corrected chi connectivity index (χ2v) is 16.1. The van der Waals surface area contributed by atoms with Crippen LogP contribution in [0.25, 0.3) is 0 Å². The van der Waals surface area contributed by atoms with Crippen molar-refractivity contribution in [1.82, 2.24) is 0 Å². The highest BCUT2D eigenvalue weighted by Gasteiger charge is 2.56. The molecule has 0 aromatic heterocycles. The highest BCUT2D eigenvalue weighted by atomic mass is 16.8. The zero-order chi connectivity index (χ0) is 46.4. The topological polar surface area (TPSA) is 155 Å². The standard InChI is InChI=1S/C54H52O13/c1-36-44(64-50(55)40-26-14-5-15-27-40)47(65-51(56)41-28-16-6-17-29-41)49(66-52(57)42-30-18-7-19-31-42)54(62-36)67-45-43(35-59-32-37-20-8-2-9-21-37)63-53(58)48(61-34-39-24-12-4-13-25-39)46(45)60-33-38-22-10-3-11-23-38/h2-31,36,43-49,53-54,58H,32-35H2,1H3/t36-,43-,44-,45-,46+,47+,48-,49-,53+,54+/m1/s1. The summed E-state index contributed by atoms with van der Waals surface area (Å²) < 4.78 is 58.0. The van der Waals surface area contributed by atoms with Crippen molar-refractivity contribution >= 4 is 17.9 Å². The Labute approximate surface area is 389 Å². The van der Waals surface area contributed by atoms with Gasteiger partial charge in [0.1, 0.15) is 24.4 Å². The van der Waals surface area contributed by atoms with Gasteiger partial charge in [-0.05, 0) is 60.0 Å². The van der Waals surface area contributed by atoms with Crippen LogP contribution < -0.4 is 0 Å². The van der Waals surface area contributed by atoms with Gasteiger partial charge in [0.2, 0.25) is 0 Å². The molecule has 2 saturated heterocycles.